The number of fused-ring (bicyclic) bond motifs is 1. The smallest absolute Gasteiger partial charge is 0.280 e. The molecule has 12 heteroatoms. The van der Waals surface area contributed by atoms with Crippen LogP contribution in [0.5, 0.6) is 5.88 Å². The zero-order chi connectivity index (χ0) is 26.5. The molecule has 3 atom stereocenters. The van der Waals surface area contributed by atoms with Crippen molar-refractivity contribution in [2.75, 3.05) is 32.1 Å². The van der Waals surface area contributed by atoms with Crippen molar-refractivity contribution in [2.24, 2.45) is 0 Å². The summed E-state index contributed by atoms with van der Waals surface area (Å²) < 4.78 is 34.1. The van der Waals surface area contributed by atoms with Crippen LogP contribution in [0.25, 0.3) is 0 Å². The number of amides is 2. The van der Waals surface area contributed by atoms with E-state index in [0.717, 1.165) is 15.6 Å². The van der Waals surface area contributed by atoms with Crippen LogP contribution in [0.2, 0.25) is 0 Å². The molecule has 3 aromatic rings. The molecule has 1 fully saturated rings. The van der Waals surface area contributed by atoms with Gasteiger partial charge in [-0.1, -0.05) is 24.3 Å². The van der Waals surface area contributed by atoms with Crippen molar-refractivity contribution in [3.63, 3.8) is 0 Å². The number of rotatable bonds is 6. The van der Waals surface area contributed by atoms with Crippen molar-refractivity contribution in [3.05, 3.63) is 71.2 Å². The molecule has 0 aliphatic carbocycles. The largest absolute Gasteiger partial charge is 0.481 e. The number of pyridine rings is 1. The van der Waals surface area contributed by atoms with Gasteiger partial charge in [0.15, 0.2) is 5.54 Å². The van der Waals surface area contributed by atoms with E-state index in [1.54, 1.807) is 66.8 Å². The molecule has 2 aliphatic rings. The summed E-state index contributed by atoms with van der Waals surface area (Å²) in [6.45, 7) is -0.0464. The Morgan fingerprint density at radius 3 is 2.57 bits per heavy atom. The van der Waals surface area contributed by atoms with Gasteiger partial charge in [-0.2, -0.15) is 12.7 Å². The number of para-hydroxylation sites is 1. The molecule has 37 heavy (non-hydrogen) atoms. The fraction of sp³-hybridized carbons (Fsp3) is 0.320. The first-order chi connectivity index (χ1) is 17.6. The topological polar surface area (TPSA) is 120 Å². The van der Waals surface area contributed by atoms with Crippen LogP contribution in [-0.4, -0.2) is 80.0 Å². The van der Waals surface area contributed by atoms with Gasteiger partial charge in [-0.3, -0.25) is 14.5 Å². The summed E-state index contributed by atoms with van der Waals surface area (Å²) in [5.74, 6) is -0.999. The summed E-state index contributed by atoms with van der Waals surface area (Å²) >= 11 is 1.01. The average molecular weight is 543 g/mol. The third kappa shape index (κ3) is 3.66. The van der Waals surface area contributed by atoms with E-state index >= 15 is 0 Å². The SMILES string of the molecule is COc1ncccc1C1(N2C[C@H](O)C[C@H]2C(=O)N(C)C)C(=O)N(S(=O)(=O)c2cccs2)c2ccccc21. The summed E-state index contributed by atoms with van der Waals surface area (Å²) in [7, 11) is 0.307. The summed E-state index contributed by atoms with van der Waals surface area (Å²) in [6.07, 6.45) is 0.661. The summed E-state index contributed by atoms with van der Waals surface area (Å²) in [6, 6.07) is 12.0. The van der Waals surface area contributed by atoms with Crippen molar-refractivity contribution in [1.82, 2.24) is 14.8 Å². The number of methoxy groups -OCH3 is 1. The quantitative estimate of drug-likeness (QED) is 0.499. The molecule has 1 unspecified atom stereocenters. The molecule has 0 bridgehead atoms. The molecule has 0 spiro atoms. The van der Waals surface area contributed by atoms with Crippen LogP contribution in [0.4, 0.5) is 5.69 Å². The number of likely N-dealkylation sites (tertiary alicyclic amines) is 1. The summed E-state index contributed by atoms with van der Waals surface area (Å²) in [4.78, 5) is 35.4. The number of aromatic nitrogens is 1. The number of hydrogen-bond acceptors (Lipinski definition) is 9. The molecule has 2 aliphatic heterocycles. The van der Waals surface area contributed by atoms with Gasteiger partial charge < -0.3 is 14.7 Å². The fourth-order valence-electron chi connectivity index (χ4n) is 5.31. The zero-order valence-corrected chi connectivity index (χ0v) is 22.1. The molecule has 0 radical (unpaired) electrons. The number of sulfonamides is 1. The van der Waals surface area contributed by atoms with Crippen molar-refractivity contribution in [3.8, 4) is 5.88 Å². The van der Waals surface area contributed by atoms with Gasteiger partial charge in [0.2, 0.25) is 11.8 Å². The van der Waals surface area contributed by atoms with Gasteiger partial charge in [-0.05, 0) is 36.1 Å². The highest BCUT2D eigenvalue weighted by molar-refractivity contribution is 7.95. The first-order valence-corrected chi connectivity index (χ1v) is 13.9. The van der Waals surface area contributed by atoms with E-state index in [1.165, 1.54) is 24.3 Å². The molecule has 4 heterocycles. The molecular weight excluding hydrogens is 516 g/mol. The van der Waals surface area contributed by atoms with E-state index in [-0.39, 0.29) is 40.2 Å². The van der Waals surface area contributed by atoms with E-state index in [9.17, 15) is 23.1 Å². The van der Waals surface area contributed by atoms with Crippen LogP contribution >= 0.6 is 11.3 Å². The van der Waals surface area contributed by atoms with Gasteiger partial charge in [-0.15, -0.1) is 11.3 Å². The Morgan fingerprint density at radius 2 is 1.89 bits per heavy atom. The van der Waals surface area contributed by atoms with Gasteiger partial charge in [-0.25, -0.2) is 4.98 Å². The molecule has 5 rings (SSSR count). The summed E-state index contributed by atoms with van der Waals surface area (Å²) in [5.41, 5.74) is -1.00. The van der Waals surface area contributed by atoms with Crippen molar-refractivity contribution in [1.29, 1.82) is 0 Å². The van der Waals surface area contributed by atoms with Crippen LogP contribution in [0.15, 0.2) is 64.3 Å². The van der Waals surface area contributed by atoms with Gasteiger partial charge in [0, 0.05) is 38.0 Å². The van der Waals surface area contributed by atoms with Gasteiger partial charge >= 0.3 is 0 Å². The monoisotopic (exact) mass is 542 g/mol. The minimum atomic E-state index is -4.30. The molecule has 2 aromatic heterocycles. The number of thiophene rings is 1. The Balaban J connectivity index is 1.85. The molecule has 194 valence electrons. The van der Waals surface area contributed by atoms with E-state index in [2.05, 4.69) is 4.98 Å². The van der Waals surface area contributed by atoms with Crippen LogP contribution in [0.3, 0.4) is 0 Å². The molecule has 2 amide bonds. The Bertz CT molecular complexity index is 1460. The van der Waals surface area contributed by atoms with Gasteiger partial charge in [0.05, 0.1) is 24.9 Å². The lowest BCUT2D eigenvalue weighted by Crippen LogP contribution is -2.59. The van der Waals surface area contributed by atoms with E-state index in [0.29, 0.717) is 5.56 Å². The number of likely N-dealkylation sites (N-methyl/N-ethyl adjacent to an activating group) is 1. The maximum atomic E-state index is 14.7. The average Bonchev–Trinajstić information content (AvgIpc) is 3.61. The zero-order valence-electron chi connectivity index (χ0n) is 20.4. The number of nitrogens with zero attached hydrogens (tertiary/aromatic N) is 4. The van der Waals surface area contributed by atoms with Crippen LogP contribution < -0.4 is 9.04 Å². The lowest BCUT2D eigenvalue weighted by Gasteiger charge is -2.41. The predicted octanol–water partition coefficient (Wildman–Crippen LogP) is 1.65. The lowest BCUT2D eigenvalue weighted by molar-refractivity contribution is -0.138. The Hall–Kier alpha value is -3.32. The number of ether oxygens (including phenoxy) is 1. The first kappa shape index (κ1) is 25.3. The molecule has 0 saturated carbocycles. The number of carbonyl (C=O) groups excluding carboxylic acids is 2. The molecular formula is C25H26N4O6S2. The highest BCUT2D eigenvalue weighted by atomic mass is 32.2. The number of carbonyl (C=O) groups is 2. The van der Waals surface area contributed by atoms with E-state index in [1.807, 2.05) is 0 Å². The van der Waals surface area contributed by atoms with Crippen molar-refractivity contribution in [2.45, 2.75) is 28.3 Å². The Morgan fingerprint density at radius 1 is 1.16 bits per heavy atom. The maximum Gasteiger partial charge on any atom is 0.280 e. The predicted molar refractivity (Wildman–Crippen MR) is 137 cm³/mol. The second-order valence-electron chi connectivity index (χ2n) is 9.08. The standard InChI is InChI=1S/C25H26N4O6S2/c1-27(2)23(31)20-14-16(30)15-28(20)25(18-9-6-12-26-22(18)35-3)17-8-4-5-10-19(17)29(24(25)32)37(33,34)21-11-7-13-36-21/h4-13,16,20,30H,14-15H2,1-3H3/t16-,20+,25?/m1/s1. The number of anilines is 1. The van der Waals surface area contributed by atoms with E-state index in [4.69, 9.17) is 4.74 Å². The highest BCUT2D eigenvalue weighted by Gasteiger charge is 2.64. The fourth-order valence-corrected chi connectivity index (χ4v) is 7.83. The number of aliphatic hydroxyl groups excluding tert-OH is 1. The van der Waals surface area contributed by atoms with Crippen molar-refractivity contribution >= 4 is 38.9 Å². The third-order valence-electron chi connectivity index (χ3n) is 6.79. The summed E-state index contributed by atoms with van der Waals surface area (Å²) in [5, 5.41) is 12.4. The molecule has 1 N–H and O–H groups in total. The third-order valence-corrected chi connectivity index (χ3v) is 9.86. The molecule has 10 nitrogen and oxygen atoms in total. The maximum absolute atomic E-state index is 14.7. The highest BCUT2D eigenvalue weighted by Crippen LogP contribution is 2.54. The van der Waals surface area contributed by atoms with Gasteiger partial charge in [0.1, 0.15) is 4.21 Å². The second-order valence-corrected chi connectivity index (χ2v) is 12.0. The van der Waals surface area contributed by atoms with Crippen LogP contribution in [-0.2, 0) is 25.2 Å². The van der Waals surface area contributed by atoms with Crippen LogP contribution in [0, 0.1) is 0 Å². The van der Waals surface area contributed by atoms with Crippen LogP contribution in [0.1, 0.15) is 17.5 Å². The van der Waals surface area contributed by atoms with Crippen molar-refractivity contribution < 1.29 is 27.9 Å². The lowest BCUT2D eigenvalue weighted by atomic mass is 9.81. The van der Waals surface area contributed by atoms with E-state index < -0.39 is 33.6 Å². The number of hydrogen-bond donors (Lipinski definition) is 1. The molecule has 1 saturated heterocycles. The number of β-amino-alcohol motifs (C(OH)–C–C–N with tert-alkyl or cyclic N) is 1. The second kappa shape index (κ2) is 9.21. The molecule has 1 aromatic carbocycles. The normalized spacial score (nSPS) is 23.8. The van der Waals surface area contributed by atoms with Gasteiger partial charge in [0.25, 0.3) is 15.9 Å². The first-order valence-electron chi connectivity index (χ1n) is 11.5. The Labute approximate surface area is 218 Å². The number of benzene rings is 1. The minimum Gasteiger partial charge on any atom is -0.481 e. The number of aliphatic hydroxyl groups is 1. The minimum absolute atomic E-state index is 0.00646. The Kier molecular flexibility index (Phi) is 6.31.